The van der Waals surface area contributed by atoms with Crippen LogP contribution in [-0.4, -0.2) is 64.9 Å². The number of carbonyl (C=O) groups is 1. The van der Waals surface area contributed by atoms with E-state index in [-0.39, 0.29) is 11.9 Å². The smallest absolute Gasteiger partial charge is 0.245 e. The lowest BCUT2D eigenvalue weighted by Crippen LogP contribution is -2.43. The van der Waals surface area contributed by atoms with Gasteiger partial charge in [0.25, 0.3) is 0 Å². The number of methoxy groups -OCH3 is 1. The number of aromatic nitrogens is 2. The van der Waals surface area contributed by atoms with Crippen molar-refractivity contribution in [3.05, 3.63) is 18.2 Å². The molecule has 2 N–H and O–H groups in total. The third-order valence-corrected chi connectivity index (χ3v) is 4.49. The fourth-order valence-electron chi connectivity index (χ4n) is 3.21. The lowest BCUT2D eigenvalue weighted by molar-refractivity contribution is -0.124. The molecule has 7 heteroatoms. The summed E-state index contributed by atoms with van der Waals surface area (Å²) < 4.78 is 7.23. The second kappa shape index (κ2) is 8.42. The van der Waals surface area contributed by atoms with Crippen molar-refractivity contribution in [3.63, 3.8) is 0 Å². The van der Waals surface area contributed by atoms with Crippen molar-refractivity contribution in [1.82, 2.24) is 19.8 Å². The topological polar surface area (TPSA) is 79.6 Å². The van der Waals surface area contributed by atoms with E-state index in [0.717, 1.165) is 32.0 Å². The molecular weight excluding hydrogens is 296 g/mol. The summed E-state index contributed by atoms with van der Waals surface area (Å²) in [5, 5.41) is 11.9. The number of rotatable bonds is 8. The van der Waals surface area contributed by atoms with Crippen LogP contribution in [0.5, 0.6) is 0 Å². The molecule has 130 valence electrons. The summed E-state index contributed by atoms with van der Waals surface area (Å²) in [6, 6.07) is 0.0806. The minimum Gasteiger partial charge on any atom is -0.387 e. The van der Waals surface area contributed by atoms with E-state index in [4.69, 9.17) is 9.84 Å². The van der Waals surface area contributed by atoms with Gasteiger partial charge in [0.2, 0.25) is 5.91 Å². The van der Waals surface area contributed by atoms with Crippen molar-refractivity contribution in [2.24, 2.45) is 11.8 Å². The van der Waals surface area contributed by atoms with Gasteiger partial charge in [-0.1, -0.05) is 13.8 Å². The van der Waals surface area contributed by atoms with E-state index in [1.807, 2.05) is 12.4 Å². The Balaban J connectivity index is 1.98. The van der Waals surface area contributed by atoms with Crippen LogP contribution >= 0.6 is 0 Å². The molecule has 1 fully saturated rings. The highest BCUT2D eigenvalue weighted by Gasteiger charge is 2.35. The zero-order chi connectivity index (χ0) is 16.8. The number of ether oxygens (including phenoxy) is 1. The molecule has 0 radical (unpaired) electrons. The molecule has 0 aromatic carbocycles. The number of imidazole rings is 1. The van der Waals surface area contributed by atoms with Crippen molar-refractivity contribution in [2.45, 2.75) is 33.0 Å². The first-order chi connectivity index (χ1) is 11.0. The molecule has 0 saturated carbocycles. The zero-order valence-electron chi connectivity index (χ0n) is 14.2. The molecule has 1 aromatic rings. The molecule has 7 nitrogen and oxygen atoms in total. The molecule has 1 amide bonds. The van der Waals surface area contributed by atoms with Crippen molar-refractivity contribution in [1.29, 1.82) is 0 Å². The fraction of sp³-hybridized carbons (Fsp3) is 0.750. The summed E-state index contributed by atoms with van der Waals surface area (Å²) in [6.07, 6.45) is 3.78. The Hall–Kier alpha value is -1.44. The summed E-state index contributed by atoms with van der Waals surface area (Å²) in [6.45, 7) is 7.80. The van der Waals surface area contributed by atoms with Gasteiger partial charge in [0, 0.05) is 45.2 Å². The van der Waals surface area contributed by atoms with Crippen molar-refractivity contribution in [2.75, 3.05) is 33.4 Å². The molecule has 1 aromatic heterocycles. The highest BCUT2D eigenvalue weighted by Crippen LogP contribution is 2.25. The van der Waals surface area contributed by atoms with E-state index in [9.17, 15) is 4.79 Å². The minimum absolute atomic E-state index is 0.0806. The monoisotopic (exact) mass is 324 g/mol. The van der Waals surface area contributed by atoms with Crippen LogP contribution in [0.25, 0.3) is 0 Å². The van der Waals surface area contributed by atoms with E-state index in [0.29, 0.717) is 18.4 Å². The maximum Gasteiger partial charge on any atom is 0.245 e. The normalized spacial score (nSPS) is 22.0. The van der Waals surface area contributed by atoms with Gasteiger partial charge in [0.05, 0.1) is 13.2 Å². The van der Waals surface area contributed by atoms with Crippen LogP contribution in [0.1, 0.15) is 19.7 Å². The van der Waals surface area contributed by atoms with Gasteiger partial charge in [-0.25, -0.2) is 4.98 Å². The van der Waals surface area contributed by atoms with E-state index < -0.39 is 6.61 Å². The maximum atomic E-state index is 11.5. The van der Waals surface area contributed by atoms with Crippen LogP contribution in [0.3, 0.4) is 0 Å². The molecule has 0 spiro atoms. The zero-order valence-corrected chi connectivity index (χ0v) is 14.2. The predicted octanol–water partition coefficient (Wildman–Crippen LogP) is 0.0944. The summed E-state index contributed by atoms with van der Waals surface area (Å²) in [5.74, 6) is 1.56. The Morgan fingerprint density at radius 2 is 2.30 bits per heavy atom. The summed E-state index contributed by atoms with van der Waals surface area (Å²) >= 11 is 0. The molecule has 0 unspecified atom stereocenters. The molecule has 1 saturated heterocycles. The first kappa shape index (κ1) is 17.9. The molecule has 2 atom stereocenters. The van der Waals surface area contributed by atoms with E-state index in [2.05, 4.69) is 33.6 Å². The Labute approximate surface area is 137 Å². The molecule has 1 aliphatic heterocycles. The van der Waals surface area contributed by atoms with Gasteiger partial charge in [-0.15, -0.1) is 0 Å². The average molecular weight is 324 g/mol. The number of likely N-dealkylation sites (tertiary alicyclic amines) is 1. The van der Waals surface area contributed by atoms with Gasteiger partial charge in [0.15, 0.2) is 0 Å². The molecule has 2 heterocycles. The van der Waals surface area contributed by atoms with Crippen LogP contribution in [0.4, 0.5) is 0 Å². The van der Waals surface area contributed by atoms with E-state index >= 15 is 0 Å². The quantitative estimate of drug-likeness (QED) is 0.709. The number of hydrogen-bond donors (Lipinski definition) is 2. The number of amides is 1. The van der Waals surface area contributed by atoms with Crippen molar-refractivity contribution >= 4 is 5.91 Å². The van der Waals surface area contributed by atoms with Gasteiger partial charge in [-0.3, -0.25) is 9.69 Å². The van der Waals surface area contributed by atoms with Crippen LogP contribution in [0, 0.1) is 11.8 Å². The molecule has 23 heavy (non-hydrogen) atoms. The molecular formula is C16H28N4O3. The van der Waals surface area contributed by atoms with Crippen LogP contribution in [0.2, 0.25) is 0 Å². The summed E-state index contributed by atoms with van der Waals surface area (Å²) in [7, 11) is 1.69. The largest absolute Gasteiger partial charge is 0.387 e. The van der Waals surface area contributed by atoms with Crippen LogP contribution < -0.4 is 5.32 Å². The van der Waals surface area contributed by atoms with Gasteiger partial charge in [-0.05, 0) is 11.8 Å². The highest BCUT2D eigenvalue weighted by atomic mass is 16.5. The second-order valence-electron chi connectivity index (χ2n) is 6.46. The second-order valence-corrected chi connectivity index (χ2v) is 6.46. The lowest BCUT2D eigenvalue weighted by Gasteiger charge is -2.22. The summed E-state index contributed by atoms with van der Waals surface area (Å²) in [5.41, 5.74) is 0. The first-order valence-corrected chi connectivity index (χ1v) is 8.16. The standard InChI is InChI=1S/C16H28N4O3/c1-12(2)13-8-19(9-14(13)18-16(22)11-21)10-15-17-4-5-20(15)6-7-23-3/h4-5,12-14,21H,6-11H2,1-3H3,(H,18,22)/t13-,14+/m1/s1. The van der Waals surface area contributed by atoms with Gasteiger partial charge in [0.1, 0.15) is 12.4 Å². The highest BCUT2D eigenvalue weighted by molar-refractivity contribution is 5.77. The molecule has 1 aliphatic rings. The van der Waals surface area contributed by atoms with Gasteiger partial charge >= 0.3 is 0 Å². The Kier molecular flexibility index (Phi) is 6.56. The Morgan fingerprint density at radius 3 is 2.96 bits per heavy atom. The predicted molar refractivity (Wildman–Crippen MR) is 86.7 cm³/mol. The number of aliphatic hydroxyl groups is 1. The lowest BCUT2D eigenvalue weighted by atomic mass is 9.91. The molecule has 2 rings (SSSR count). The van der Waals surface area contributed by atoms with Gasteiger partial charge in [-0.2, -0.15) is 0 Å². The first-order valence-electron chi connectivity index (χ1n) is 8.16. The third-order valence-electron chi connectivity index (χ3n) is 4.49. The number of hydrogen-bond acceptors (Lipinski definition) is 5. The number of aliphatic hydroxyl groups excluding tert-OH is 1. The maximum absolute atomic E-state index is 11.5. The minimum atomic E-state index is -0.456. The fourth-order valence-corrected chi connectivity index (χ4v) is 3.21. The number of nitrogens with one attached hydrogen (secondary N) is 1. The van der Waals surface area contributed by atoms with Crippen molar-refractivity contribution in [3.8, 4) is 0 Å². The van der Waals surface area contributed by atoms with Gasteiger partial charge < -0.3 is 19.7 Å². The van der Waals surface area contributed by atoms with E-state index in [1.165, 1.54) is 0 Å². The summed E-state index contributed by atoms with van der Waals surface area (Å²) in [4.78, 5) is 18.3. The SMILES string of the molecule is COCCn1ccnc1CN1C[C@H](NC(=O)CO)[C@@H](C(C)C)C1. The third kappa shape index (κ3) is 4.76. The van der Waals surface area contributed by atoms with E-state index in [1.54, 1.807) is 7.11 Å². The van der Waals surface area contributed by atoms with Crippen LogP contribution in [0.15, 0.2) is 12.4 Å². The average Bonchev–Trinajstić information content (AvgIpc) is 3.12. The Morgan fingerprint density at radius 1 is 1.52 bits per heavy atom. The molecule has 0 aliphatic carbocycles. The number of carbonyl (C=O) groups excluding carboxylic acids is 1. The van der Waals surface area contributed by atoms with Crippen molar-refractivity contribution < 1.29 is 14.6 Å². The Bertz CT molecular complexity index is 503. The number of nitrogens with zero attached hydrogens (tertiary/aromatic N) is 3. The molecule has 0 bridgehead atoms. The van der Waals surface area contributed by atoms with Crippen LogP contribution in [-0.2, 0) is 22.6 Å².